The van der Waals surface area contributed by atoms with Gasteiger partial charge in [-0.25, -0.2) is 4.79 Å². The molecule has 27 heavy (non-hydrogen) atoms. The molecule has 2 unspecified atom stereocenters. The van der Waals surface area contributed by atoms with Crippen molar-refractivity contribution < 1.29 is 29.0 Å². The first-order chi connectivity index (χ1) is 12.8. The van der Waals surface area contributed by atoms with E-state index in [1.54, 1.807) is 6.92 Å². The van der Waals surface area contributed by atoms with Gasteiger partial charge >= 0.3 is 11.9 Å². The van der Waals surface area contributed by atoms with E-state index in [0.717, 1.165) is 4.88 Å². The number of β-lactam (4-membered cyclic amide) rings is 1. The summed E-state index contributed by atoms with van der Waals surface area (Å²) in [4.78, 5) is 49.7. The van der Waals surface area contributed by atoms with Crippen LogP contribution in [0.25, 0.3) is 0 Å². The van der Waals surface area contributed by atoms with E-state index in [1.807, 2.05) is 17.5 Å². The Hall–Kier alpha value is -2.33. The molecule has 3 heterocycles. The molecule has 0 bridgehead atoms. The Morgan fingerprint density at radius 1 is 1.44 bits per heavy atom. The van der Waals surface area contributed by atoms with Crippen molar-refractivity contribution in [3.05, 3.63) is 33.7 Å². The number of carbonyl (C=O) groups excluding carboxylic acids is 3. The average Bonchev–Trinajstić information content (AvgIpc) is 3.10. The summed E-state index contributed by atoms with van der Waals surface area (Å²) in [6.45, 7) is 2.81. The summed E-state index contributed by atoms with van der Waals surface area (Å²) in [5, 5.41) is 13.7. The molecule has 2 aliphatic heterocycles. The number of carbonyl (C=O) groups is 4. The molecule has 8 nitrogen and oxygen atoms in total. The van der Waals surface area contributed by atoms with Gasteiger partial charge in [-0.2, -0.15) is 0 Å². The molecule has 1 aromatic heterocycles. The van der Waals surface area contributed by atoms with Crippen molar-refractivity contribution in [2.75, 3.05) is 5.75 Å². The maximum atomic E-state index is 12.5. The van der Waals surface area contributed by atoms with Gasteiger partial charge in [-0.3, -0.25) is 19.3 Å². The minimum absolute atomic E-state index is 0.166. The first-order valence-corrected chi connectivity index (χ1v) is 10.1. The lowest BCUT2D eigenvalue weighted by atomic mass is 10.0. The van der Waals surface area contributed by atoms with E-state index in [4.69, 9.17) is 4.74 Å². The highest BCUT2D eigenvalue weighted by atomic mass is 32.2. The number of ether oxygens (including phenoxy) is 1. The lowest BCUT2D eigenvalue weighted by molar-refractivity contribution is -0.151. The van der Waals surface area contributed by atoms with Crippen molar-refractivity contribution >= 4 is 46.9 Å². The fourth-order valence-corrected chi connectivity index (χ4v) is 5.23. The van der Waals surface area contributed by atoms with Crippen molar-refractivity contribution in [1.82, 2.24) is 10.2 Å². The van der Waals surface area contributed by atoms with E-state index >= 15 is 0 Å². The highest BCUT2D eigenvalue weighted by Gasteiger charge is 2.54. The van der Waals surface area contributed by atoms with Gasteiger partial charge in [0.15, 0.2) is 0 Å². The number of amides is 2. The Morgan fingerprint density at radius 3 is 2.78 bits per heavy atom. The van der Waals surface area contributed by atoms with Crippen molar-refractivity contribution in [3.8, 4) is 0 Å². The van der Waals surface area contributed by atoms with E-state index in [9.17, 15) is 24.3 Å². The van der Waals surface area contributed by atoms with Gasteiger partial charge in [-0.15, -0.1) is 23.1 Å². The lowest BCUT2D eigenvalue weighted by Gasteiger charge is -2.49. The molecule has 0 aromatic carbocycles. The number of nitrogens with zero attached hydrogens (tertiary/aromatic N) is 1. The largest absolute Gasteiger partial charge is 0.477 e. The molecule has 2 aliphatic rings. The first-order valence-electron chi connectivity index (χ1n) is 8.19. The third-order valence-electron chi connectivity index (χ3n) is 4.27. The number of carboxylic acids is 1. The van der Waals surface area contributed by atoms with Gasteiger partial charge in [0.1, 0.15) is 23.2 Å². The molecule has 0 spiro atoms. The Labute approximate surface area is 163 Å². The van der Waals surface area contributed by atoms with Crippen LogP contribution in [0.5, 0.6) is 0 Å². The van der Waals surface area contributed by atoms with E-state index in [2.05, 4.69) is 5.32 Å². The summed E-state index contributed by atoms with van der Waals surface area (Å²) in [5.41, 5.74) is 0.205. The summed E-state index contributed by atoms with van der Waals surface area (Å²) < 4.78 is 5.08. The average molecular weight is 410 g/mol. The number of carboxylic acid groups (broad SMARTS) is 1. The first kappa shape index (κ1) is 19.4. The molecule has 1 fully saturated rings. The van der Waals surface area contributed by atoms with Crippen LogP contribution in [0.1, 0.15) is 18.7 Å². The van der Waals surface area contributed by atoms with Crippen LogP contribution in [0.3, 0.4) is 0 Å². The quantitative estimate of drug-likeness (QED) is 0.531. The molecule has 0 saturated carbocycles. The molecule has 2 amide bonds. The van der Waals surface area contributed by atoms with Crippen LogP contribution in [-0.2, 0) is 30.3 Å². The number of rotatable bonds is 6. The van der Waals surface area contributed by atoms with Crippen LogP contribution >= 0.6 is 23.1 Å². The molecule has 2 N–H and O–H groups in total. The van der Waals surface area contributed by atoms with E-state index in [1.165, 1.54) is 34.9 Å². The Kier molecular flexibility index (Phi) is 5.56. The van der Waals surface area contributed by atoms with Gasteiger partial charge in [0.05, 0.1) is 6.42 Å². The summed E-state index contributed by atoms with van der Waals surface area (Å²) in [7, 11) is 0. The Balaban J connectivity index is 1.74. The minimum atomic E-state index is -1.26. The van der Waals surface area contributed by atoms with Crippen LogP contribution in [0.2, 0.25) is 0 Å². The maximum absolute atomic E-state index is 12.5. The van der Waals surface area contributed by atoms with E-state index < -0.39 is 35.4 Å². The summed E-state index contributed by atoms with van der Waals surface area (Å²) in [5.74, 6) is -2.25. The smallest absolute Gasteiger partial charge is 0.352 e. The zero-order valence-corrected chi connectivity index (χ0v) is 16.3. The summed E-state index contributed by atoms with van der Waals surface area (Å²) in [6, 6.07) is 2.92. The van der Waals surface area contributed by atoms with Crippen LogP contribution in [0.4, 0.5) is 0 Å². The van der Waals surface area contributed by atoms with Gasteiger partial charge in [-0.05, 0) is 18.4 Å². The van der Waals surface area contributed by atoms with Crippen LogP contribution < -0.4 is 5.32 Å². The SMILES string of the molecule is CC(=O)OC(C)C1=C(C(=O)O)N2C(=O)C(NC(=O)Cc3cccs3)[C@@H]2SC1. The van der Waals surface area contributed by atoms with Gasteiger partial charge < -0.3 is 15.2 Å². The van der Waals surface area contributed by atoms with Crippen molar-refractivity contribution in [3.63, 3.8) is 0 Å². The monoisotopic (exact) mass is 410 g/mol. The molecule has 0 radical (unpaired) electrons. The van der Waals surface area contributed by atoms with Crippen LogP contribution in [0, 0.1) is 0 Å². The Bertz CT molecular complexity index is 819. The number of esters is 1. The minimum Gasteiger partial charge on any atom is -0.477 e. The molecular weight excluding hydrogens is 392 g/mol. The standard InChI is InChI=1S/C17H18N2O6S2/c1-8(25-9(2)20)11-7-27-16-13(15(22)19(16)14(11)17(23)24)18-12(21)6-10-4-3-5-26-10/h3-5,8,13,16H,6-7H2,1-2H3,(H,18,21)(H,23,24)/t8?,13?,16-/m0/s1. The lowest BCUT2D eigenvalue weighted by Crippen LogP contribution is -2.70. The number of thiophene rings is 1. The molecular formula is C17H18N2O6S2. The molecule has 3 atom stereocenters. The number of hydrogen-bond donors (Lipinski definition) is 2. The second-order valence-electron chi connectivity index (χ2n) is 6.14. The number of aliphatic carboxylic acids is 1. The highest BCUT2D eigenvalue weighted by molar-refractivity contribution is 8.00. The third-order valence-corrected chi connectivity index (χ3v) is 6.44. The maximum Gasteiger partial charge on any atom is 0.352 e. The van der Waals surface area contributed by atoms with Gasteiger partial charge in [-0.1, -0.05) is 6.07 Å². The number of hydrogen-bond acceptors (Lipinski definition) is 7. The van der Waals surface area contributed by atoms with Crippen molar-refractivity contribution in [1.29, 1.82) is 0 Å². The number of nitrogens with one attached hydrogen (secondary N) is 1. The number of thioether (sulfide) groups is 1. The number of fused-ring (bicyclic) bond motifs is 1. The molecule has 1 aromatic rings. The fourth-order valence-electron chi connectivity index (χ4n) is 3.07. The fraction of sp³-hybridized carbons (Fsp3) is 0.412. The molecule has 1 saturated heterocycles. The highest BCUT2D eigenvalue weighted by Crippen LogP contribution is 2.41. The summed E-state index contributed by atoms with van der Waals surface area (Å²) >= 11 is 2.79. The predicted octanol–water partition coefficient (Wildman–Crippen LogP) is 0.981. The summed E-state index contributed by atoms with van der Waals surface area (Å²) in [6.07, 6.45) is -0.572. The van der Waals surface area contributed by atoms with Gasteiger partial charge in [0, 0.05) is 23.1 Å². The van der Waals surface area contributed by atoms with Gasteiger partial charge in [0.25, 0.3) is 5.91 Å². The third kappa shape index (κ3) is 3.86. The van der Waals surface area contributed by atoms with Crippen molar-refractivity contribution in [2.45, 2.75) is 37.8 Å². The second kappa shape index (κ2) is 7.73. The van der Waals surface area contributed by atoms with Crippen LogP contribution in [-0.4, -0.2) is 57.0 Å². The zero-order valence-electron chi connectivity index (χ0n) is 14.6. The van der Waals surface area contributed by atoms with E-state index in [-0.39, 0.29) is 18.0 Å². The normalized spacial score (nSPS) is 22.6. The molecule has 144 valence electrons. The zero-order chi connectivity index (χ0) is 19.7. The Morgan fingerprint density at radius 2 is 2.19 bits per heavy atom. The molecule has 3 rings (SSSR count). The second-order valence-corrected chi connectivity index (χ2v) is 8.28. The molecule has 10 heteroatoms. The topological polar surface area (TPSA) is 113 Å². The van der Waals surface area contributed by atoms with Crippen LogP contribution in [0.15, 0.2) is 28.8 Å². The van der Waals surface area contributed by atoms with Gasteiger partial charge in [0.2, 0.25) is 5.91 Å². The van der Waals surface area contributed by atoms with Crippen molar-refractivity contribution in [2.24, 2.45) is 0 Å². The molecule has 0 aliphatic carbocycles. The van der Waals surface area contributed by atoms with E-state index in [0.29, 0.717) is 11.3 Å². The predicted molar refractivity (Wildman–Crippen MR) is 98.9 cm³/mol.